The van der Waals surface area contributed by atoms with Crippen LogP contribution in [0.15, 0.2) is 30.3 Å². The molecule has 0 amide bonds. The van der Waals surface area contributed by atoms with Crippen LogP contribution in [0.25, 0.3) is 16.9 Å². The summed E-state index contributed by atoms with van der Waals surface area (Å²) in [5, 5.41) is 14.5. The van der Waals surface area contributed by atoms with Crippen molar-refractivity contribution in [2.75, 3.05) is 18.0 Å². The Hall–Kier alpha value is -3.10. The number of carboxylic acid groups (broad SMARTS) is 1. The lowest BCUT2D eigenvalue weighted by molar-refractivity contribution is -0.148. The average Bonchev–Trinajstić information content (AvgIpc) is 3.15. The summed E-state index contributed by atoms with van der Waals surface area (Å²) in [5.74, 6) is 0.0951. The average molecular weight is 461 g/mol. The van der Waals surface area contributed by atoms with E-state index in [2.05, 4.69) is 18.7 Å². The van der Waals surface area contributed by atoms with E-state index in [0.29, 0.717) is 36.4 Å². The third-order valence-electron chi connectivity index (χ3n) is 6.40. The fourth-order valence-electron chi connectivity index (χ4n) is 4.66. The van der Waals surface area contributed by atoms with Gasteiger partial charge in [-0.3, -0.25) is 4.79 Å². The van der Waals surface area contributed by atoms with Crippen molar-refractivity contribution in [3.8, 4) is 11.3 Å². The Morgan fingerprint density at radius 3 is 2.45 bits per heavy atom. The lowest BCUT2D eigenvalue weighted by atomic mass is 9.81. The van der Waals surface area contributed by atoms with E-state index in [0.717, 1.165) is 35.6 Å². The monoisotopic (exact) mass is 460 g/mol. The number of aromatic nitrogens is 3. The van der Waals surface area contributed by atoms with Gasteiger partial charge in [0.2, 0.25) is 0 Å². The Labute approximate surface area is 190 Å². The number of carbonyl (C=O) groups is 1. The number of hydrogen-bond acceptors (Lipinski definition) is 4. The third-order valence-corrected chi connectivity index (χ3v) is 6.40. The first-order valence-corrected chi connectivity index (χ1v) is 11.0. The number of anilines is 1. The maximum Gasteiger partial charge on any atom is 0.416 e. The number of hydrogen-bond donors (Lipinski definition) is 1. The first-order valence-electron chi connectivity index (χ1n) is 11.0. The van der Waals surface area contributed by atoms with E-state index in [-0.39, 0.29) is 5.92 Å². The van der Waals surface area contributed by atoms with Crippen LogP contribution >= 0.6 is 0 Å². The minimum Gasteiger partial charge on any atom is -0.481 e. The number of alkyl halides is 3. The molecule has 1 fully saturated rings. The van der Waals surface area contributed by atoms with E-state index in [9.17, 15) is 23.1 Å². The molecule has 1 aliphatic heterocycles. The molecule has 3 aromatic rings. The maximum atomic E-state index is 13.0. The first-order chi connectivity index (χ1) is 15.4. The zero-order valence-electron chi connectivity index (χ0n) is 19.1. The number of fused-ring (bicyclic) bond motifs is 1. The molecular weight excluding hydrogens is 433 g/mol. The molecule has 0 bridgehead atoms. The third kappa shape index (κ3) is 4.16. The molecule has 0 spiro atoms. The van der Waals surface area contributed by atoms with Gasteiger partial charge in [-0.05, 0) is 44.7 Å². The van der Waals surface area contributed by atoms with Crippen molar-refractivity contribution in [2.45, 2.75) is 52.6 Å². The molecule has 4 rings (SSSR count). The smallest absolute Gasteiger partial charge is 0.416 e. The van der Waals surface area contributed by atoms with Crippen LogP contribution in [0.1, 0.15) is 56.4 Å². The van der Waals surface area contributed by atoms with Crippen molar-refractivity contribution < 1.29 is 23.1 Å². The zero-order chi connectivity index (χ0) is 24.1. The molecule has 1 N–H and O–H groups in total. The van der Waals surface area contributed by atoms with E-state index in [1.165, 1.54) is 12.1 Å². The lowest BCUT2D eigenvalue weighted by Gasteiger charge is -2.40. The fourth-order valence-corrected chi connectivity index (χ4v) is 4.66. The van der Waals surface area contributed by atoms with Crippen LogP contribution in [0, 0.1) is 12.3 Å². The van der Waals surface area contributed by atoms with Crippen molar-refractivity contribution in [2.24, 2.45) is 5.41 Å². The van der Waals surface area contributed by atoms with Gasteiger partial charge in [0.15, 0.2) is 5.65 Å². The number of aliphatic carboxylic acids is 1. The normalized spacial score (nSPS) is 19.5. The van der Waals surface area contributed by atoms with Crippen molar-refractivity contribution >= 4 is 17.4 Å². The Kier molecular flexibility index (Phi) is 5.62. The molecule has 2 aromatic heterocycles. The van der Waals surface area contributed by atoms with Crippen molar-refractivity contribution in [1.82, 2.24) is 14.6 Å². The Morgan fingerprint density at radius 1 is 1.21 bits per heavy atom. The van der Waals surface area contributed by atoms with Gasteiger partial charge < -0.3 is 10.0 Å². The van der Waals surface area contributed by atoms with Gasteiger partial charge in [-0.15, -0.1) is 0 Å². The number of nitrogens with zero attached hydrogens (tertiary/aromatic N) is 4. The van der Waals surface area contributed by atoms with Crippen LogP contribution in [-0.4, -0.2) is 38.8 Å². The summed E-state index contributed by atoms with van der Waals surface area (Å²) in [6.07, 6.45) is -3.07. The van der Waals surface area contributed by atoms with Crippen LogP contribution in [0.4, 0.5) is 19.0 Å². The summed E-state index contributed by atoms with van der Waals surface area (Å²) in [4.78, 5) is 18.7. The molecule has 1 aromatic carbocycles. The van der Waals surface area contributed by atoms with E-state index in [1.54, 1.807) is 17.5 Å². The number of benzene rings is 1. The lowest BCUT2D eigenvalue weighted by Crippen LogP contribution is -2.47. The number of piperidine rings is 1. The highest BCUT2D eigenvalue weighted by Crippen LogP contribution is 2.38. The quantitative estimate of drug-likeness (QED) is 0.554. The molecule has 0 radical (unpaired) electrons. The second-order valence-electron chi connectivity index (χ2n) is 9.35. The topological polar surface area (TPSA) is 70.7 Å². The van der Waals surface area contributed by atoms with Gasteiger partial charge in [0.25, 0.3) is 0 Å². The molecule has 3 heterocycles. The molecule has 1 aliphatic rings. The van der Waals surface area contributed by atoms with Crippen molar-refractivity contribution in [3.63, 3.8) is 0 Å². The van der Waals surface area contributed by atoms with Gasteiger partial charge >= 0.3 is 12.1 Å². The van der Waals surface area contributed by atoms with Gasteiger partial charge in [0, 0.05) is 36.0 Å². The molecule has 0 unspecified atom stereocenters. The van der Waals surface area contributed by atoms with Gasteiger partial charge in [-0.1, -0.05) is 26.0 Å². The Balaban J connectivity index is 1.86. The summed E-state index contributed by atoms with van der Waals surface area (Å²) >= 11 is 0. The summed E-state index contributed by atoms with van der Waals surface area (Å²) in [6, 6.07) is 6.65. The standard InChI is InChI=1S/C24H27F3N4O2/c1-14(2)20-15(3)28-19-12-18(16-6-8-17(9-7-16)24(25,26)27)29-31(19)21(20)30-11-5-10-23(4,13-30)22(32)33/h6-9,12,14H,5,10-11,13H2,1-4H3,(H,32,33)/t23-/m0/s1. The van der Waals surface area contributed by atoms with E-state index >= 15 is 0 Å². The molecule has 6 nitrogen and oxygen atoms in total. The van der Waals surface area contributed by atoms with Gasteiger partial charge in [0.05, 0.1) is 16.7 Å². The predicted octanol–water partition coefficient (Wildman–Crippen LogP) is 5.54. The number of aryl methyl sites for hydroxylation is 1. The van der Waals surface area contributed by atoms with Gasteiger partial charge in [0.1, 0.15) is 5.82 Å². The highest BCUT2D eigenvalue weighted by Gasteiger charge is 2.39. The largest absolute Gasteiger partial charge is 0.481 e. The molecule has 176 valence electrons. The minimum atomic E-state index is -4.40. The summed E-state index contributed by atoms with van der Waals surface area (Å²) in [6.45, 7) is 8.83. The van der Waals surface area contributed by atoms with Crippen molar-refractivity contribution in [3.05, 3.63) is 47.2 Å². The van der Waals surface area contributed by atoms with E-state index in [4.69, 9.17) is 10.1 Å². The highest BCUT2D eigenvalue weighted by molar-refractivity contribution is 5.76. The van der Waals surface area contributed by atoms with Gasteiger partial charge in [-0.2, -0.15) is 22.8 Å². The summed E-state index contributed by atoms with van der Waals surface area (Å²) < 4.78 is 40.6. The maximum absolute atomic E-state index is 13.0. The molecule has 1 saturated heterocycles. The SMILES string of the molecule is Cc1nc2cc(-c3ccc(C(F)(F)F)cc3)nn2c(N2CCC[C@](C)(C(=O)O)C2)c1C(C)C. The molecule has 0 saturated carbocycles. The molecule has 0 aliphatic carbocycles. The number of carboxylic acids is 1. The van der Waals surface area contributed by atoms with Gasteiger partial charge in [-0.25, -0.2) is 4.98 Å². The van der Waals surface area contributed by atoms with Crippen LogP contribution in [0.2, 0.25) is 0 Å². The highest BCUT2D eigenvalue weighted by atomic mass is 19.4. The Bertz CT molecular complexity index is 1200. The van der Waals surface area contributed by atoms with E-state index < -0.39 is 23.1 Å². The van der Waals surface area contributed by atoms with Crippen LogP contribution in [-0.2, 0) is 11.0 Å². The van der Waals surface area contributed by atoms with Crippen LogP contribution < -0.4 is 4.90 Å². The number of halogens is 3. The molecule has 1 atom stereocenters. The molecular formula is C24H27F3N4O2. The molecule has 9 heteroatoms. The first kappa shape index (κ1) is 23.1. The zero-order valence-corrected chi connectivity index (χ0v) is 19.1. The minimum absolute atomic E-state index is 0.119. The Morgan fingerprint density at radius 2 is 1.88 bits per heavy atom. The van der Waals surface area contributed by atoms with Crippen molar-refractivity contribution in [1.29, 1.82) is 0 Å². The second-order valence-corrected chi connectivity index (χ2v) is 9.35. The molecule has 33 heavy (non-hydrogen) atoms. The number of rotatable bonds is 4. The van der Waals surface area contributed by atoms with Crippen LogP contribution in [0.3, 0.4) is 0 Å². The summed E-state index contributed by atoms with van der Waals surface area (Å²) in [7, 11) is 0. The van der Waals surface area contributed by atoms with Crippen LogP contribution in [0.5, 0.6) is 0 Å². The predicted molar refractivity (Wildman–Crippen MR) is 119 cm³/mol. The fraction of sp³-hybridized carbons (Fsp3) is 0.458. The summed E-state index contributed by atoms with van der Waals surface area (Å²) in [5.41, 5.74) is 1.86. The second kappa shape index (κ2) is 8.04. The van der Waals surface area contributed by atoms with E-state index in [1.807, 2.05) is 6.92 Å².